The molecule has 1 fully saturated rings. The second-order valence-electron chi connectivity index (χ2n) is 10.5. The number of carbonyl (C=O) groups is 1. The standard InChI is InChI=1S/C34H28N6O3/c1-23-36-34(43-38-23)25-13-15-29(16-14-25)42-31-19-26(30-9-5-10-32(37-30)40-18-6-17-35-40)11-12-27(31)21-39-22-28(20-33(39)41)24-7-3-2-4-8-24/h2-19,28H,20-22H2,1H3/t28-/m1/s1. The molecule has 1 saturated heterocycles. The van der Waals surface area contributed by atoms with Crippen molar-refractivity contribution in [2.45, 2.75) is 25.8 Å². The molecule has 7 rings (SSSR count). The summed E-state index contributed by atoms with van der Waals surface area (Å²) in [4.78, 5) is 24.1. The Morgan fingerprint density at radius 2 is 1.74 bits per heavy atom. The number of benzene rings is 3. The van der Waals surface area contributed by atoms with E-state index in [4.69, 9.17) is 14.2 Å². The SMILES string of the molecule is Cc1noc(-c2ccc(Oc3cc(-c4cccc(-n5cccn5)n4)ccc3CN3C[C@H](c4ccccc4)CC3=O)cc2)n1. The first-order valence-electron chi connectivity index (χ1n) is 14.1. The summed E-state index contributed by atoms with van der Waals surface area (Å²) in [5.74, 6) is 3.36. The number of hydrogen-bond acceptors (Lipinski definition) is 7. The summed E-state index contributed by atoms with van der Waals surface area (Å²) in [5, 5.41) is 8.18. The lowest BCUT2D eigenvalue weighted by Gasteiger charge is -2.20. The molecule has 0 saturated carbocycles. The highest BCUT2D eigenvalue weighted by Gasteiger charge is 2.31. The van der Waals surface area contributed by atoms with E-state index in [0.29, 0.717) is 42.7 Å². The topological polar surface area (TPSA) is 99.2 Å². The van der Waals surface area contributed by atoms with Crippen LogP contribution in [0, 0.1) is 6.92 Å². The number of amides is 1. The number of pyridine rings is 1. The molecule has 0 radical (unpaired) electrons. The second kappa shape index (κ2) is 11.4. The van der Waals surface area contributed by atoms with Gasteiger partial charge < -0.3 is 14.2 Å². The van der Waals surface area contributed by atoms with Crippen LogP contribution >= 0.6 is 0 Å². The van der Waals surface area contributed by atoms with Crippen molar-refractivity contribution in [2.24, 2.45) is 0 Å². The summed E-state index contributed by atoms with van der Waals surface area (Å²) in [5.41, 5.74) is 4.57. The maximum Gasteiger partial charge on any atom is 0.257 e. The molecule has 1 aliphatic rings. The van der Waals surface area contributed by atoms with Crippen molar-refractivity contribution in [3.8, 4) is 40.0 Å². The minimum absolute atomic E-state index is 0.136. The fourth-order valence-corrected chi connectivity index (χ4v) is 5.34. The molecular weight excluding hydrogens is 540 g/mol. The zero-order chi connectivity index (χ0) is 29.2. The van der Waals surface area contributed by atoms with Gasteiger partial charge in [0, 0.05) is 54.5 Å². The third kappa shape index (κ3) is 5.65. The summed E-state index contributed by atoms with van der Waals surface area (Å²) < 4.78 is 13.5. The van der Waals surface area contributed by atoms with Crippen molar-refractivity contribution in [2.75, 3.05) is 6.54 Å². The molecule has 0 aliphatic carbocycles. The summed E-state index contributed by atoms with van der Waals surface area (Å²) in [6.45, 7) is 2.89. The first kappa shape index (κ1) is 26.3. The quantitative estimate of drug-likeness (QED) is 0.204. The van der Waals surface area contributed by atoms with Crippen LogP contribution in [0.1, 0.15) is 29.3 Å². The number of ether oxygens (including phenoxy) is 1. The highest BCUT2D eigenvalue weighted by molar-refractivity contribution is 5.80. The van der Waals surface area contributed by atoms with Crippen molar-refractivity contribution in [1.82, 2.24) is 29.8 Å². The van der Waals surface area contributed by atoms with E-state index in [0.717, 1.165) is 28.2 Å². The van der Waals surface area contributed by atoms with Crippen LogP contribution in [0.2, 0.25) is 0 Å². The lowest BCUT2D eigenvalue weighted by molar-refractivity contribution is -0.128. The fourth-order valence-electron chi connectivity index (χ4n) is 5.34. The number of aromatic nitrogens is 5. The minimum atomic E-state index is 0.136. The van der Waals surface area contributed by atoms with E-state index < -0.39 is 0 Å². The third-order valence-corrected chi connectivity index (χ3v) is 7.54. The van der Waals surface area contributed by atoms with Crippen LogP contribution in [-0.4, -0.2) is 42.3 Å². The van der Waals surface area contributed by atoms with E-state index in [1.165, 1.54) is 5.56 Å². The zero-order valence-corrected chi connectivity index (χ0v) is 23.5. The van der Waals surface area contributed by atoms with Crippen LogP contribution in [0.15, 0.2) is 114 Å². The maximum atomic E-state index is 13.1. The smallest absolute Gasteiger partial charge is 0.257 e. The van der Waals surface area contributed by atoms with Crippen molar-refractivity contribution in [3.63, 3.8) is 0 Å². The minimum Gasteiger partial charge on any atom is -0.457 e. The van der Waals surface area contributed by atoms with Crippen LogP contribution in [-0.2, 0) is 11.3 Å². The summed E-state index contributed by atoms with van der Waals surface area (Å²) in [6, 6.07) is 31.4. The van der Waals surface area contributed by atoms with Gasteiger partial charge in [-0.1, -0.05) is 53.7 Å². The molecule has 0 bridgehead atoms. The van der Waals surface area contributed by atoms with Crippen LogP contribution in [0.5, 0.6) is 11.5 Å². The Labute approximate surface area is 248 Å². The van der Waals surface area contributed by atoms with E-state index in [-0.39, 0.29) is 11.8 Å². The molecule has 9 heteroatoms. The number of aryl methyl sites for hydroxylation is 1. The predicted molar refractivity (Wildman–Crippen MR) is 161 cm³/mol. The fraction of sp³-hybridized carbons (Fsp3) is 0.147. The Kier molecular flexibility index (Phi) is 6.96. The molecule has 212 valence electrons. The molecule has 0 spiro atoms. The van der Waals surface area contributed by atoms with Crippen LogP contribution < -0.4 is 4.74 Å². The van der Waals surface area contributed by atoms with E-state index in [9.17, 15) is 4.79 Å². The Bertz CT molecular complexity index is 1870. The van der Waals surface area contributed by atoms with E-state index in [1.807, 2.05) is 96.0 Å². The van der Waals surface area contributed by atoms with Crippen LogP contribution in [0.4, 0.5) is 0 Å². The van der Waals surface area contributed by atoms with Crippen LogP contribution in [0.25, 0.3) is 28.5 Å². The lowest BCUT2D eigenvalue weighted by Crippen LogP contribution is -2.24. The molecule has 6 aromatic rings. The number of carbonyl (C=O) groups excluding carboxylic acids is 1. The zero-order valence-electron chi connectivity index (χ0n) is 23.5. The van der Waals surface area contributed by atoms with Crippen LogP contribution in [0.3, 0.4) is 0 Å². The maximum absolute atomic E-state index is 13.1. The van der Waals surface area contributed by atoms with E-state index in [1.54, 1.807) is 17.8 Å². The Balaban J connectivity index is 1.19. The predicted octanol–water partition coefficient (Wildman–Crippen LogP) is 6.60. The van der Waals surface area contributed by atoms with Gasteiger partial charge in [0.1, 0.15) is 11.5 Å². The normalized spacial score (nSPS) is 14.8. The van der Waals surface area contributed by atoms with E-state index in [2.05, 4.69) is 27.4 Å². The average Bonchev–Trinajstić information content (AvgIpc) is 3.81. The van der Waals surface area contributed by atoms with Gasteiger partial charge in [-0.2, -0.15) is 10.1 Å². The van der Waals surface area contributed by atoms with Gasteiger partial charge in [0.05, 0.1) is 5.69 Å². The van der Waals surface area contributed by atoms with Gasteiger partial charge in [0.2, 0.25) is 5.91 Å². The molecule has 1 aliphatic heterocycles. The van der Waals surface area contributed by atoms with Gasteiger partial charge >= 0.3 is 0 Å². The molecule has 1 amide bonds. The van der Waals surface area contributed by atoms with Gasteiger partial charge in [0.25, 0.3) is 5.89 Å². The highest BCUT2D eigenvalue weighted by atomic mass is 16.5. The van der Waals surface area contributed by atoms with Gasteiger partial charge in [-0.25, -0.2) is 9.67 Å². The van der Waals surface area contributed by atoms with Gasteiger partial charge in [0.15, 0.2) is 11.6 Å². The van der Waals surface area contributed by atoms with Crippen molar-refractivity contribution in [3.05, 3.63) is 126 Å². The lowest BCUT2D eigenvalue weighted by atomic mass is 9.98. The molecule has 43 heavy (non-hydrogen) atoms. The molecule has 0 unspecified atom stereocenters. The molecule has 0 N–H and O–H groups in total. The van der Waals surface area contributed by atoms with Crippen molar-refractivity contribution < 1.29 is 14.1 Å². The first-order chi connectivity index (χ1) is 21.1. The average molecular weight is 569 g/mol. The highest BCUT2D eigenvalue weighted by Crippen LogP contribution is 2.35. The molecule has 3 aromatic carbocycles. The first-order valence-corrected chi connectivity index (χ1v) is 14.1. The summed E-state index contributed by atoms with van der Waals surface area (Å²) in [7, 11) is 0. The summed E-state index contributed by atoms with van der Waals surface area (Å²) >= 11 is 0. The number of rotatable bonds is 8. The molecule has 9 nitrogen and oxygen atoms in total. The number of likely N-dealkylation sites (tertiary alicyclic amines) is 1. The van der Waals surface area contributed by atoms with E-state index >= 15 is 0 Å². The molecule has 1 atom stereocenters. The summed E-state index contributed by atoms with van der Waals surface area (Å²) in [6.07, 6.45) is 4.08. The number of nitrogens with zero attached hydrogens (tertiary/aromatic N) is 6. The van der Waals surface area contributed by atoms with Crippen molar-refractivity contribution in [1.29, 1.82) is 0 Å². The van der Waals surface area contributed by atoms with Gasteiger partial charge in [-0.15, -0.1) is 0 Å². The molecular formula is C34H28N6O3. The second-order valence-corrected chi connectivity index (χ2v) is 10.5. The Morgan fingerprint density at radius 3 is 2.51 bits per heavy atom. The molecule has 3 aromatic heterocycles. The Hall–Kier alpha value is -5.57. The molecule has 4 heterocycles. The monoisotopic (exact) mass is 568 g/mol. The number of hydrogen-bond donors (Lipinski definition) is 0. The third-order valence-electron chi connectivity index (χ3n) is 7.54. The van der Waals surface area contributed by atoms with Gasteiger partial charge in [-0.3, -0.25) is 4.79 Å². The largest absolute Gasteiger partial charge is 0.457 e. The van der Waals surface area contributed by atoms with Crippen molar-refractivity contribution >= 4 is 5.91 Å². The Morgan fingerprint density at radius 1 is 0.907 bits per heavy atom. The van der Waals surface area contributed by atoms with Gasteiger partial charge in [-0.05, 0) is 61.0 Å².